The van der Waals surface area contributed by atoms with Gasteiger partial charge in [0.2, 0.25) is 0 Å². The normalized spacial score (nSPS) is 14.4. The average Bonchev–Trinajstić information content (AvgIpc) is 2.91. The van der Waals surface area contributed by atoms with Crippen LogP contribution in [0.25, 0.3) is 28.3 Å². The van der Waals surface area contributed by atoms with E-state index in [0.29, 0.717) is 0 Å². The van der Waals surface area contributed by atoms with Gasteiger partial charge in [-0.3, -0.25) is 0 Å². The van der Waals surface area contributed by atoms with Gasteiger partial charge in [-0.15, -0.1) is 0 Å². The maximum Gasteiger partial charge on any atom is 0.0205 e. The second-order valence-electron chi connectivity index (χ2n) is 7.77. The predicted octanol–water partition coefficient (Wildman–Crippen LogP) is 7.86. The van der Waals surface area contributed by atoms with Gasteiger partial charge in [0, 0.05) is 8.99 Å². The van der Waals surface area contributed by atoms with E-state index in [9.17, 15) is 0 Å². The predicted molar refractivity (Wildman–Crippen MR) is 126 cm³/mol. The molecule has 1 aliphatic rings. The number of hydrogen-bond donors (Lipinski definition) is 0. The molecule has 0 nitrogen and oxygen atoms in total. The van der Waals surface area contributed by atoms with Crippen molar-refractivity contribution >= 4 is 28.7 Å². The Labute approximate surface area is 176 Å². The lowest BCUT2D eigenvalue weighted by Crippen LogP contribution is -2.14. The summed E-state index contributed by atoms with van der Waals surface area (Å²) in [6.07, 6.45) is 5.42. The molecule has 0 atom stereocenters. The van der Waals surface area contributed by atoms with Gasteiger partial charge in [0.05, 0.1) is 0 Å². The third kappa shape index (κ3) is 2.87. The van der Waals surface area contributed by atoms with E-state index in [4.69, 9.17) is 0 Å². The molecule has 0 unspecified atom stereocenters. The molecule has 0 saturated heterocycles. The quantitative estimate of drug-likeness (QED) is 0.346. The van der Waals surface area contributed by atoms with Gasteiger partial charge in [-0.2, -0.15) is 0 Å². The minimum absolute atomic E-state index is 0.0453. The summed E-state index contributed by atoms with van der Waals surface area (Å²) < 4.78 is 1.32. The van der Waals surface area contributed by atoms with Crippen molar-refractivity contribution in [1.82, 2.24) is 0 Å². The van der Waals surface area contributed by atoms with Crippen molar-refractivity contribution in [2.45, 2.75) is 39.5 Å². The first-order chi connectivity index (χ1) is 13.0. The van der Waals surface area contributed by atoms with Gasteiger partial charge < -0.3 is 0 Å². The highest BCUT2D eigenvalue weighted by Crippen LogP contribution is 2.49. The molecular weight excluding hydrogens is 439 g/mol. The Kier molecular flexibility index (Phi) is 4.75. The molecule has 0 N–H and O–H groups in total. The Morgan fingerprint density at radius 3 is 2.33 bits per heavy atom. The van der Waals surface area contributed by atoms with Crippen LogP contribution < -0.4 is 0 Å². The minimum Gasteiger partial charge on any atom is -0.0870 e. The first-order valence-electron chi connectivity index (χ1n) is 9.68. The highest BCUT2D eigenvalue weighted by molar-refractivity contribution is 14.1. The van der Waals surface area contributed by atoms with E-state index in [1.807, 2.05) is 0 Å². The van der Waals surface area contributed by atoms with Gasteiger partial charge in [0.1, 0.15) is 0 Å². The van der Waals surface area contributed by atoms with Crippen LogP contribution in [0, 0.1) is 3.57 Å². The maximum atomic E-state index is 2.45. The fourth-order valence-electron chi connectivity index (χ4n) is 4.51. The molecular formula is C26H25I. The third-order valence-corrected chi connectivity index (χ3v) is 6.83. The number of hydrogen-bond acceptors (Lipinski definition) is 0. The second kappa shape index (κ2) is 6.94. The average molecular weight is 464 g/mol. The standard InChI is InChI=1S/C26H25I/c1-5-9-22-18(6-2)19(14-15-25(22)27)17-12-13-21-20-10-7-8-11-23(20)26(3,4)24(21)16-17/h5,7-16H,6H2,1-4H3/b9-5-. The lowest BCUT2D eigenvalue weighted by Gasteiger charge is -2.22. The monoisotopic (exact) mass is 464 g/mol. The topological polar surface area (TPSA) is 0 Å². The van der Waals surface area contributed by atoms with Crippen molar-refractivity contribution in [3.8, 4) is 22.3 Å². The van der Waals surface area contributed by atoms with Crippen LogP contribution in [0.2, 0.25) is 0 Å². The molecule has 0 spiro atoms. The summed E-state index contributed by atoms with van der Waals surface area (Å²) in [5, 5.41) is 0. The summed E-state index contributed by atoms with van der Waals surface area (Å²) in [5.74, 6) is 0. The zero-order chi connectivity index (χ0) is 19.2. The Balaban J connectivity index is 1.93. The summed E-state index contributed by atoms with van der Waals surface area (Å²) >= 11 is 2.45. The summed E-state index contributed by atoms with van der Waals surface area (Å²) in [4.78, 5) is 0. The summed E-state index contributed by atoms with van der Waals surface area (Å²) in [7, 11) is 0. The highest BCUT2D eigenvalue weighted by atomic mass is 127. The highest BCUT2D eigenvalue weighted by Gasteiger charge is 2.35. The zero-order valence-electron chi connectivity index (χ0n) is 16.4. The summed E-state index contributed by atoms with van der Waals surface area (Å²) in [5.41, 5.74) is 11.2. The molecule has 4 rings (SSSR count). The van der Waals surface area contributed by atoms with Crippen LogP contribution in [0.15, 0.2) is 60.7 Å². The Hall–Kier alpha value is -1.87. The summed E-state index contributed by atoms with van der Waals surface area (Å²) in [6, 6.07) is 20.4. The van der Waals surface area contributed by atoms with Crippen LogP contribution in [0.5, 0.6) is 0 Å². The van der Waals surface area contributed by atoms with Crippen LogP contribution in [-0.4, -0.2) is 0 Å². The smallest absolute Gasteiger partial charge is 0.0205 e. The number of benzene rings is 3. The maximum absolute atomic E-state index is 2.45. The minimum atomic E-state index is 0.0453. The molecule has 0 saturated carbocycles. The van der Waals surface area contributed by atoms with Gasteiger partial charge in [-0.1, -0.05) is 75.4 Å². The summed E-state index contributed by atoms with van der Waals surface area (Å²) in [6.45, 7) is 9.05. The van der Waals surface area contributed by atoms with Crippen LogP contribution in [0.1, 0.15) is 49.9 Å². The largest absolute Gasteiger partial charge is 0.0870 e. The third-order valence-electron chi connectivity index (χ3n) is 5.89. The van der Waals surface area contributed by atoms with Gasteiger partial charge in [-0.25, -0.2) is 0 Å². The Morgan fingerprint density at radius 1 is 0.889 bits per heavy atom. The van der Waals surface area contributed by atoms with Crippen LogP contribution in [0.3, 0.4) is 0 Å². The number of rotatable bonds is 3. The van der Waals surface area contributed by atoms with E-state index >= 15 is 0 Å². The molecule has 0 aromatic heterocycles. The van der Waals surface area contributed by atoms with Crippen molar-refractivity contribution in [3.63, 3.8) is 0 Å². The van der Waals surface area contributed by atoms with Gasteiger partial charge in [0.15, 0.2) is 0 Å². The molecule has 136 valence electrons. The molecule has 1 heteroatoms. The van der Waals surface area contributed by atoms with Crippen molar-refractivity contribution in [3.05, 3.63) is 86.5 Å². The van der Waals surface area contributed by atoms with E-state index < -0.39 is 0 Å². The van der Waals surface area contributed by atoms with Gasteiger partial charge in [0.25, 0.3) is 0 Å². The lowest BCUT2D eigenvalue weighted by atomic mass is 9.81. The van der Waals surface area contributed by atoms with Crippen LogP contribution in [0.4, 0.5) is 0 Å². The van der Waals surface area contributed by atoms with Crippen LogP contribution in [-0.2, 0) is 11.8 Å². The van der Waals surface area contributed by atoms with Crippen molar-refractivity contribution in [1.29, 1.82) is 0 Å². The van der Waals surface area contributed by atoms with Crippen LogP contribution >= 0.6 is 22.6 Å². The molecule has 0 heterocycles. The number of fused-ring (bicyclic) bond motifs is 3. The SMILES string of the molecule is C/C=C\c1c(I)ccc(-c2ccc3c(c2)C(C)(C)c2ccccc2-3)c1CC. The molecule has 3 aromatic carbocycles. The van der Waals surface area contributed by atoms with Crippen molar-refractivity contribution in [2.75, 3.05) is 0 Å². The molecule has 0 amide bonds. The molecule has 0 aliphatic heterocycles. The van der Waals surface area contributed by atoms with Gasteiger partial charge in [-0.05, 0) is 92.6 Å². The van der Waals surface area contributed by atoms with Crippen molar-refractivity contribution in [2.24, 2.45) is 0 Å². The first kappa shape index (κ1) is 18.5. The molecule has 1 aliphatic carbocycles. The molecule has 3 aromatic rings. The van der Waals surface area contributed by atoms with E-state index in [-0.39, 0.29) is 5.41 Å². The Morgan fingerprint density at radius 2 is 1.59 bits per heavy atom. The van der Waals surface area contributed by atoms with E-state index in [0.717, 1.165) is 6.42 Å². The number of halogens is 1. The second-order valence-corrected chi connectivity index (χ2v) is 8.93. The lowest BCUT2D eigenvalue weighted by molar-refractivity contribution is 0.660. The van der Waals surface area contributed by atoms with E-state index in [2.05, 4.69) is 117 Å². The van der Waals surface area contributed by atoms with Gasteiger partial charge >= 0.3 is 0 Å². The molecule has 0 radical (unpaired) electrons. The fourth-order valence-corrected chi connectivity index (χ4v) is 5.19. The molecule has 0 fully saturated rings. The van der Waals surface area contributed by atoms with E-state index in [1.54, 1.807) is 0 Å². The number of allylic oxidation sites excluding steroid dienone is 1. The zero-order valence-corrected chi connectivity index (χ0v) is 18.6. The molecule has 27 heavy (non-hydrogen) atoms. The van der Waals surface area contributed by atoms with Crippen molar-refractivity contribution < 1.29 is 0 Å². The molecule has 0 bridgehead atoms. The van der Waals surface area contributed by atoms with E-state index in [1.165, 1.54) is 48.1 Å². The Bertz CT molecular complexity index is 1050. The fraction of sp³-hybridized carbons (Fsp3) is 0.231. The first-order valence-corrected chi connectivity index (χ1v) is 10.8.